The summed E-state index contributed by atoms with van der Waals surface area (Å²) in [5.74, 6) is -0.621. The highest BCUT2D eigenvalue weighted by Crippen LogP contribution is 2.40. The summed E-state index contributed by atoms with van der Waals surface area (Å²) in [6.45, 7) is 7.69. The van der Waals surface area contributed by atoms with Crippen molar-refractivity contribution in [1.29, 1.82) is 0 Å². The average Bonchev–Trinajstić information content (AvgIpc) is 3.09. The predicted molar refractivity (Wildman–Crippen MR) is 132 cm³/mol. The Hall–Kier alpha value is -3.44. The van der Waals surface area contributed by atoms with Crippen LogP contribution in [0.2, 0.25) is 0 Å². The minimum Gasteiger partial charge on any atom is -0.497 e. The second-order valence-electron chi connectivity index (χ2n) is 9.18. The predicted octanol–water partition coefficient (Wildman–Crippen LogP) is 4.34. The van der Waals surface area contributed by atoms with Gasteiger partial charge in [-0.05, 0) is 60.9 Å². The molecular weight excluding hydrogens is 475 g/mol. The summed E-state index contributed by atoms with van der Waals surface area (Å²) in [4.78, 5) is 13.5. The first kappa shape index (κ1) is 26.2. The van der Waals surface area contributed by atoms with Crippen molar-refractivity contribution < 1.29 is 26.9 Å². The number of hydrogen-bond acceptors (Lipinski definition) is 5. The van der Waals surface area contributed by atoms with Gasteiger partial charge in [0.05, 0.1) is 12.8 Å². The number of aryl methyl sites for hydroxylation is 1. The molecule has 11 heteroatoms. The zero-order valence-corrected chi connectivity index (χ0v) is 21.2. The fraction of sp³-hybridized carbons (Fsp3) is 0.333. The number of anilines is 2. The molecule has 0 aliphatic rings. The van der Waals surface area contributed by atoms with E-state index < -0.39 is 22.0 Å². The van der Waals surface area contributed by atoms with Crippen molar-refractivity contribution in [2.24, 2.45) is 12.5 Å². The number of nitrogens with zero attached hydrogens (tertiary/aromatic N) is 3. The van der Waals surface area contributed by atoms with Crippen molar-refractivity contribution in [3.05, 3.63) is 60.0 Å². The molecule has 188 valence electrons. The van der Waals surface area contributed by atoms with E-state index in [1.165, 1.54) is 67.4 Å². The Morgan fingerprint density at radius 3 is 2.20 bits per heavy atom. The van der Waals surface area contributed by atoms with Crippen molar-refractivity contribution in [3.63, 3.8) is 0 Å². The molecular formula is C24H29FN4O5S. The highest BCUT2D eigenvalue weighted by Gasteiger charge is 2.35. The minimum absolute atomic E-state index is 0.0441. The largest absolute Gasteiger partial charge is 0.497 e. The van der Waals surface area contributed by atoms with Crippen LogP contribution in [0.1, 0.15) is 38.2 Å². The number of hydrogen-bond donors (Lipinski definition) is 2. The summed E-state index contributed by atoms with van der Waals surface area (Å²) in [6, 6.07) is 10.8. The SMILES string of the molecule is COc1ccc(N(c2c(-c3ccc(F)cc3)nn(C)c2C(=O)NC(C)C(C)(C)C)S(=O)(=O)O)cc1. The molecule has 2 aromatic carbocycles. The molecule has 35 heavy (non-hydrogen) atoms. The van der Waals surface area contributed by atoms with Gasteiger partial charge in [0.2, 0.25) is 0 Å². The molecule has 2 N–H and O–H groups in total. The third-order valence-corrected chi connectivity index (χ3v) is 6.60. The zero-order chi connectivity index (χ0) is 26.1. The maximum atomic E-state index is 13.6. The van der Waals surface area contributed by atoms with E-state index in [1.54, 1.807) is 0 Å². The molecule has 1 aromatic heterocycles. The summed E-state index contributed by atoms with van der Waals surface area (Å²) in [7, 11) is -1.99. The molecule has 1 atom stereocenters. The topological polar surface area (TPSA) is 114 Å². The van der Waals surface area contributed by atoms with Gasteiger partial charge in [0.25, 0.3) is 5.91 Å². The number of benzene rings is 2. The summed E-state index contributed by atoms with van der Waals surface area (Å²) in [5, 5.41) is 7.27. The number of halogens is 1. The van der Waals surface area contributed by atoms with Crippen LogP contribution in [0.4, 0.5) is 15.8 Å². The Balaban J connectivity index is 2.30. The molecule has 0 aliphatic heterocycles. The number of carbonyl (C=O) groups excluding carboxylic acids is 1. The zero-order valence-electron chi connectivity index (χ0n) is 20.4. The summed E-state index contributed by atoms with van der Waals surface area (Å²) >= 11 is 0. The summed E-state index contributed by atoms with van der Waals surface area (Å²) < 4.78 is 56.3. The van der Waals surface area contributed by atoms with E-state index >= 15 is 0 Å². The van der Waals surface area contributed by atoms with Crippen LogP contribution < -0.4 is 14.4 Å². The van der Waals surface area contributed by atoms with Crippen molar-refractivity contribution in [2.75, 3.05) is 11.4 Å². The van der Waals surface area contributed by atoms with Crippen molar-refractivity contribution in [2.45, 2.75) is 33.7 Å². The maximum absolute atomic E-state index is 13.6. The number of rotatable bonds is 7. The molecule has 1 amide bonds. The lowest BCUT2D eigenvalue weighted by Gasteiger charge is -2.28. The van der Waals surface area contributed by atoms with Gasteiger partial charge in [-0.25, -0.2) is 8.70 Å². The molecule has 0 fully saturated rings. The number of ether oxygens (including phenoxy) is 1. The first-order valence-corrected chi connectivity index (χ1v) is 12.2. The molecule has 3 aromatic rings. The Kier molecular flexibility index (Phi) is 7.23. The molecule has 0 aliphatic carbocycles. The Morgan fingerprint density at radius 1 is 1.14 bits per heavy atom. The number of nitrogens with one attached hydrogen (secondary N) is 1. The van der Waals surface area contributed by atoms with E-state index in [-0.39, 0.29) is 34.2 Å². The maximum Gasteiger partial charge on any atom is 0.364 e. The van der Waals surface area contributed by atoms with Crippen LogP contribution in [0.25, 0.3) is 11.3 Å². The van der Waals surface area contributed by atoms with E-state index in [1.807, 2.05) is 27.7 Å². The highest BCUT2D eigenvalue weighted by molar-refractivity contribution is 7.87. The van der Waals surface area contributed by atoms with Crippen molar-refractivity contribution in [3.8, 4) is 17.0 Å². The molecule has 0 bridgehead atoms. The Morgan fingerprint density at radius 2 is 1.71 bits per heavy atom. The normalized spacial score (nSPS) is 12.8. The van der Waals surface area contributed by atoms with Crippen LogP contribution in [0, 0.1) is 11.2 Å². The van der Waals surface area contributed by atoms with E-state index in [9.17, 15) is 22.2 Å². The molecule has 3 rings (SSSR count). The van der Waals surface area contributed by atoms with Gasteiger partial charge in [-0.3, -0.25) is 14.0 Å². The van der Waals surface area contributed by atoms with E-state index in [0.29, 0.717) is 15.6 Å². The lowest BCUT2D eigenvalue weighted by molar-refractivity contribution is 0.0901. The number of amides is 1. The van der Waals surface area contributed by atoms with Crippen LogP contribution in [0.15, 0.2) is 48.5 Å². The van der Waals surface area contributed by atoms with E-state index in [2.05, 4.69) is 10.4 Å². The van der Waals surface area contributed by atoms with Gasteiger partial charge in [0.15, 0.2) is 5.69 Å². The smallest absolute Gasteiger partial charge is 0.364 e. The molecule has 1 heterocycles. The second kappa shape index (κ2) is 9.67. The lowest BCUT2D eigenvalue weighted by atomic mass is 9.88. The Labute approximate surface area is 204 Å². The number of carbonyl (C=O) groups is 1. The van der Waals surface area contributed by atoms with Gasteiger partial charge in [0.1, 0.15) is 22.9 Å². The van der Waals surface area contributed by atoms with Gasteiger partial charge >= 0.3 is 10.3 Å². The lowest BCUT2D eigenvalue weighted by Crippen LogP contribution is -2.42. The fourth-order valence-electron chi connectivity index (χ4n) is 3.34. The fourth-order valence-corrected chi connectivity index (χ4v) is 4.13. The quantitative estimate of drug-likeness (QED) is 0.463. The van der Waals surface area contributed by atoms with Gasteiger partial charge in [-0.2, -0.15) is 13.5 Å². The molecule has 0 saturated heterocycles. The van der Waals surface area contributed by atoms with Crippen molar-refractivity contribution >= 4 is 27.6 Å². The van der Waals surface area contributed by atoms with Gasteiger partial charge in [-0.1, -0.05) is 20.8 Å². The first-order valence-electron chi connectivity index (χ1n) is 10.8. The van der Waals surface area contributed by atoms with Crippen LogP contribution in [0.3, 0.4) is 0 Å². The van der Waals surface area contributed by atoms with Crippen LogP contribution in [-0.2, 0) is 17.4 Å². The summed E-state index contributed by atoms with van der Waals surface area (Å²) in [5.41, 5.74) is -0.106. The first-order chi connectivity index (χ1) is 16.2. The highest BCUT2D eigenvalue weighted by atomic mass is 32.2. The van der Waals surface area contributed by atoms with Gasteiger partial charge in [0, 0.05) is 18.7 Å². The van der Waals surface area contributed by atoms with Gasteiger partial charge in [-0.15, -0.1) is 0 Å². The summed E-state index contributed by atoms with van der Waals surface area (Å²) in [6.07, 6.45) is 0. The van der Waals surface area contributed by atoms with Crippen LogP contribution in [0.5, 0.6) is 5.75 Å². The van der Waals surface area contributed by atoms with Gasteiger partial charge < -0.3 is 10.1 Å². The van der Waals surface area contributed by atoms with Crippen LogP contribution >= 0.6 is 0 Å². The number of methoxy groups -OCH3 is 1. The van der Waals surface area contributed by atoms with E-state index in [4.69, 9.17) is 4.74 Å². The third-order valence-electron chi connectivity index (χ3n) is 5.74. The molecule has 0 spiro atoms. The minimum atomic E-state index is -4.94. The second-order valence-corrected chi connectivity index (χ2v) is 10.4. The molecule has 9 nitrogen and oxygen atoms in total. The van der Waals surface area contributed by atoms with E-state index in [0.717, 1.165) is 0 Å². The van der Waals surface area contributed by atoms with Crippen LogP contribution in [-0.4, -0.2) is 41.8 Å². The average molecular weight is 505 g/mol. The number of aromatic nitrogens is 2. The molecule has 0 saturated carbocycles. The van der Waals surface area contributed by atoms with Crippen molar-refractivity contribution in [1.82, 2.24) is 15.1 Å². The third kappa shape index (κ3) is 5.63. The standard InChI is InChI=1S/C24H29FN4O5S/c1-15(24(2,3)4)26-23(30)22-21(20(27-28(22)5)16-7-9-17(25)10-8-16)29(35(31,32)33)18-11-13-19(34-6)14-12-18/h7-15H,1-6H3,(H,26,30)(H,31,32,33). The monoisotopic (exact) mass is 504 g/mol. The molecule has 1 unspecified atom stereocenters. The molecule has 0 radical (unpaired) electrons. The Bertz CT molecular complexity index is 1310.